The van der Waals surface area contributed by atoms with Gasteiger partial charge in [-0.05, 0) is 0 Å². The Balaban J connectivity index is 4.84. The van der Waals surface area contributed by atoms with E-state index in [0.29, 0.717) is 0 Å². The molecular weight excluding hydrogens is 303 g/mol. The first-order valence-corrected chi connectivity index (χ1v) is 6.99. The first-order chi connectivity index (χ1) is 5.63. The number of ketones is 1. The molecule has 0 saturated heterocycles. The molecule has 78 valence electrons. The van der Waals surface area contributed by atoms with Gasteiger partial charge in [-0.3, -0.25) is 4.79 Å². The van der Waals surface area contributed by atoms with Crippen LogP contribution in [0.1, 0.15) is 27.7 Å². The molecule has 0 amide bonds. The van der Waals surface area contributed by atoms with Crippen molar-refractivity contribution in [3.05, 3.63) is 0 Å². The quantitative estimate of drug-likeness (QED) is 0.589. The lowest BCUT2D eigenvalue weighted by atomic mass is 9.92. The fraction of sp³-hybridized carbons (Fsp3) is 0.875. The summed E-state index contributed by atoms with van der Waals surface area (Å²) in [5.41, 5.74) is -0.589. The lowest BCUT2D eigenvalue weighted by Gasteiger charge is -2.20. The van der Waals surface area contributed by atoms with Crippen LogP contribution < -0.4 is 0 Å². The molecule has 0 aliphatic heterocycles. The van der Waals surface area contributed by atoms with Crippen LogP contribution in [-0.2, 0) is 14.6 Å². The Morgan fingerprint density at radius 3 is 2.00 bits per heavy atom. The number of alkyl halides is 1. The summed E-state index contributed by atoms with van der Waals surface area (Å²) in [6.07, 6.45) is 0. The van der Waals surface area contributed by atoms with Gasteiger partial charge in [0.05, 0.1) is 0 Å². The highest BCUT2D eigenvalue weighted by Crippen LogP contribution is 2.24. The predicted molar refractivity (Wildman–Crippen MR) is 61.7 cm³/mol. The lowest BCUT2D eigenvalue weighted by Crippen LogP contribution is -2.34. The number of carbonyl (C=O) groups excluding carboxylic acids is 1. The zero-order valence-electron chi connectivity index (χ0n) is 8.30. The van der Waals surface area contributed by atoms with Crippen molar-refractivity contribution in [3.8, 4) is 0 Å². The number of carbonyl (C=O) groups is 1. The van der Waals surface area contributed by atoms with Gasteiger partial charge in [-0.1, -0.05) is 50.3 Å². The largest absolute Gasteiger partial charge is 0.297 e. The Bertz CT molecular complexity index is 287. The van der Waals surface area contributed by atoms with Gasteiger partial charge in [0.25, 0.3) is 0 Å². The fourth-order valence-electron chi connectivity index (χ4n) is 0.650. The molecule has 0 aliphatic rings. The average molecular weight is 318 g/mol. The van der Waals surface area contributed by atoms with Crippen LogP contribution >= 0.6 is 22.6 Å². The third-order valence-electron chi connectivity index (χ3n) is 1.66. The van der Waals surface area contributed by atoms with Gasteiger partial charge >= 0.3 is 0 Å². The molecule has 5 heteroatoms. The molecule has 1 atom stereocenters. The Hall–Kier alpha value is 0.350. The number of rotatable bonds is 3. The van der Waals surface area contributed by atoms with Crippen LogP contribution in [0.25, 0.3) is 0 Å². The molecule has 0 bridgehead atoms. The van der Waals surface area contributed by atoms with E-state index in [1.165, 1.54) is 0 Å². The Morgan fingerprint density at radius 2 is 1.77 bits per heavy atom. The monoisotopic (exact) mass is 318 g/mol. The third kappa shape index (κ3) is 3.53. The fourth-order valence-corrected chi connectivity index (χ4v) is 3.64. The molecule has 0 aromatic heterocycles. The van der Waals surface area contributed by atoms with Crippen molar-refractivity contribution in [2.45, 2.75) is 31.0 Å². The van der Waals surface area contributed by atoms with E-state index in [0.717, 1.165) is 0 Å². The van der Waals surface area contributed by atoms with Crippen molar-refractivity contribution in [1.82, 2.24) is 0 Å². The van der Waals surface area contributed by atoms with E-state index in [1.807, 2.05) is 0 Å². The SMILES string of the molecule is CCS(=O)(=O)[C@H](I)C(=O)C(C)(C)C. The van der Waals surface area contributed by atoms with Crippen molar-refractivity contribution in [1.29, 1.82) is 0 Å². The molecule has 0 heterocycles. The van der Waals surface area contributed by atoms with Gasteiger partial charge in [0.2, 0.25) is 0 Å². The normalized spacial score (nSPS) is 15.5. The Morgan fingerprint density at radius 1 is 1.38 bits per heavy atom. The van der Waals surface area contributed by atoms with E-state index in [-0.39, 0.29) is 11.5 Å². The summed E-state index contributed by atoms with van der Waals surface area (Å²) >= 11 is 1.70. The van der Waals surface area contributed by atoms with Gasteiger partial charge in [-0.15, -0.1) is 0 Å². The lowest BCUT2D eigenvalue weighted by molar-refractivity contribution is -0.124. The molecule has 0 aromatic carbocycles. The Kier molecular flexibility index (Phi) is 4.36. The van der Waals surface area contributed by atoms with E-state index in [1.54, 1.807) is 50.3 Å². The number of hydrogen-bond acceptors (Lipinski definition) is 3. The third-order valence-corrected chi connectivity index (χ3v) is 6.20. The molecule has 0 aromatic rings. The first kappa shape index (κ1) is 13.4. The molecular formula is C8H15IO3S. The molecule has 13 heavy (non-hydrogen) atoms. The van der Waals surface area contributed by atoms with Crippen LogP contribution in [0.4, 0.5) is 0 Å². The standard InChI is InChI=1S/C8H15IO3S/c1-5-13(11,12)7(9)6(10)8(2,3)4/h7H,5H2,1-4H3/t7-/m0/s1. The minimum Gasteiger partial charge on any atom is -0.297 e. The van der Waals surface area contributed by atoms with Crippen molar-refractivity contribution in [2.24, 2.45) is 5.41 Å². The van der Waals surface area contributed by atoms with Crippen LogP contribution in [0.15, 0.2) is 0 Å². The van der Waals surface area contributed by atoms with Gasteiger partial charge in [-0.2, -0.15) is 0 Å². The van der Waals surface area contributed by atoms with Gasteiger partial charge in [0.15, 0.2) is 18.9 Å². The van der Waals surface area contributed by atoms with Crippen LogP contribution in [0.5, 0.6) is 0 Å². The summed E-state index contributed by atoms with van der Waals surface area (Å²) in [5, 5.41) is 0. The van der Waals surface area contributed by atoms with Crippen molar-refractivity contribution in [2.75, 3.05) is 5.75 Å². The summed E-state index contributed by atoms with van der Waals surface area (Å²) in [6, 6.07) is 0. The zero-order chi connectivity index (χ0) is 10.9. The van der Waals surface area contributed by atoms with Crippen LogP contribution in [0, 0.1) is 5.41 Å². The van der Waals surface area contributed by atoms with Crippen molar-refractivity contribution >= 4 is 38.2 Å². The predicted octanol–water partition coefficient (Wildman–Crippen LogP) is 1.80. The maximum atomic E-state index is 11.6. The number of Topliss-reactive ketones (excluding diaryl/α,β-unsaturated/α-hetero) is 1. The van der Waals surface area contributed by atoms with Crippen molar-refractivity contribution < 1.29 is 13.2 Å². The molecule has 0 fully saturated rings. The van der Waals surface area contributed by atoms with E-state index in [2.05, 4.69) is 0 Å². The van der Waals surface area contributed by atoms with E-state index < -0.39 is 18.5 Å². The second-order valence-corrected chi connectivity index (χ2v) is 8.35. The average Bonchev–Trinajstić information content (AvgIpc) is 2.00. The van der Waals surface area contributed by atoms with Gasteiger partial charge in [0.1, 0.15) is 0 Å². The van der Waals surface area contributed by atoms with Gasteiger partial charge < -0.3 is 0 Å². The Labute approximate surface area is 93.3 Å². The summed E-state index contributed by atoms with van der Waals surface area (Å²) in [4.78, 5) is 11.6. The highest BCUT2D eigenvalue weighted by Gasteiger charge is 2.35. The minimum atomic E-state index is -3.24. The number of halogens is 1. The van der Waals surface area contributed by atoms with E-state index >= 15 is 0 Å². The second kappa shape index (κ2) is 4.25. The smallest absolute Gasteiger partial charge is 0.171 e. The van der Waals surface area contributed by atoms with Crippen LogP contribution in [0.3, 0.4) is 0 Å². The summed E-state index contributed by atoms with van der Waals surface area (Å²) < 4.78 is 21.8. The van der Waals surface area contributed by atoms with E-state index in [4.69, 9.17) is 0 Å². The number of hydrogen-bond donors (Lipinski definition) is 0. The minimum absolute atomic E-state index is 0.0163. The highest BCUT2D eigenvalue weighted by atomic mass is 127. The number of sulfone groups is 1. The van der Waals surface area contributed by atoms with E-state index in [9.17, 15) is 13.2 Å². The molecule has 0 N–H and O–H groups in total. The maximum absolute atomic E-state index is 11.6. The summed E-state index contributed by atoms with van der Waals surface area (Å²) in [7, 11) is -3.24. The molecule has 3 nitrogen and oxygen atoms in total. The molecule has 0 saturated carbocycles. The van der Waals surface area contributed by atoms with Crippen molar-refractivity contribution in [3.63, 3.8) is 0 Å². The summed E-state index contributed by atoms with van der Waals surface area (Å²) in [6.45, 7) is 6.74. The molecule has 0 unspecified atom stereocenters. The topological polar surface area (TPSA) is 51.2 Å². The summed E-state index contributed by atoms with van der Waals surface area (Å²) in [5.74, 6) is -0.211. The van der Waals surface area contributed by atoms with Gasteiger partial charge in [0, 0.05) is 11.2 Å². The van der Waals surface area contributed by atoms with Crippen LogP contribution in [0.2, 0.25) is 0 Å². The molecule has 0 aliphatic carbocycles. The highest BCUT2D eigenvalue weighted by molar-refractivity contribution is 14.1. The molecule has 0 spiro atoms. The first-order valence-electron chi connectivity index (χ1n) is 4.03. The molecule has 0 radical (unpaired) electrons. The van der Waals surface area contributed by atoms with Crippen LogP contribution in [-0.4, -0.2) is 23.2 Å². The zero-order valence-corrected chi connectivity index (χ0v) is 11.3. The maximum Gasteiger partial charge on any atom is 0.171 e. The van der Waals surface area contributed by atoms with Gasteiger partial charge in [-0.25, -0.2) is 8.42 Å². The second-order valence-electron chi connectivity index (χ2n) is 3.88. The molecule has 0 rings (SSSR count).